The summed E-state index contributed by atoms with van der Waals surface area (Å²) in [5.74, 6) is -2.22. The van der Waals surface area contributed by atoms with Crippen LogP contribution in [-0.4, -0.2) is 37.5 Å². The van der Waals surface area contributed by atoms with Gasteiger partial charge in [-0.25, -0.2) is 0 Å². The summed E-state index contributed by atoms with van der Waals surface area (Å²) in [6, 6.07) is 13.9. The maximum absolute atomic E-state index is 12.5. The van der Waals surface area contributed by atoms with Crippen molar-refractivity contribution in [2.45, 2.75) is 12.6 Å². The Bertz CT molecular complexity index is 955. The van der Waals surface area contributed by atoms with Crippen LogP contribution in [-0.2, 0) is 20.5 Å². The van der Waals surface area contributed by atoms with E-state index >= 15 is 0 Å². The van der Waals surface area contributed by atoms with Gasteiger partial charge in [0.2, 0.25) is 0 Å². The third-order valence-corrected chi connectivity index (χ3v) is 4.04. The summed E-state index contributed by atoms with van der Waals surface area (Å²) in [7, 11) is 0. The molecule has 0 atom stereocenters. The Balaban J connectivity index is 1.85. The molecule has 2 aromatic rings. The molecule has 31 heavy (non-hydrogen) atoms. The molecule has 2 rings (SSSR count). The minimum Gasteiger partial charge on any atom is -0.454 e. The number of rotatable bonds is 8. The molecule has 0 heterocycles. The lowest BCUT2D eigenvalue weighted by Crippen LogP contribution is -2.37. The first-order valence-electron chi connectivity index (χ1n) is 9.06. The van der Waals surface area contributed by atoms with E-state index in [2.05, 4.69) is 5.32 Å². The van der Waals surface area contributed by atoms with Gasteiger partial charge in [0.1, 0.15) is 6.54 Å². The minimum atomic E-state index is -4.52. The average Bonchev–Trinajstić information content (AvgIpc) is 2.76. The molecule has 10 heteroatoms. The number of benzene rings is 2. The lowest BCUT2D eigenvalue weighted by molar-refractivity contribution is -0.146. The van der Waals surface area contributed by atoms with Gasteiger partial charge in [-0.2, -0.15) is 18.4 Å². The number of carbonyl (C=O) groups excluding carboxylic acids is 3. The van der Waals surface area contributed by atoms with Crippen LogP contribution >= 0.6 is 0 Å². The van der Waals surface area contributed by atoms with E-state index in [0.29, 0.717) is 5.69 Å². The van der Waals surface area contributed by atoms with Crippen molar-refractivity contribution in [3.05, 3.63) is 65.7 Å². The zero-order valence-corrected chi connectivity index (χ0v) is 16.2. The summed E-state index contributed by atoms with van der Waals surface area (Å²) >= 11 is 0. The lowest BCUT2D eigenvalue weighted by Gasteiger charge is -2.21. The van der Waals surface area contributed by atoms with Crippen molar-refractivity contribution in [2.75, 3.05) is 24.6 Å². The van der Waals surface area contributed by atoms with Crippen LogP contribution in [0.25, 0.3) is 0 Å². The number of nitriles is 1. The van der Waals surface area contributed by atoms with Crippen LogP contribution in [0.3, 0.4) is 0 Å². The molecule has 0 saturated heterocycles. The molecule has 0 aromatic heterocycles. The normalized spacial score (nSPS) is 10.6. The fraction of sp³-hybridized carbons (Fsp3) is 0.238. The smallest absolute Gasteiger partial charge is 0.416 e. The Morgan fingerprint density at radius 3 is 2.26 bits per heavy atom. The van der Waals surface area contributed by atoms with Crippen LogP contribution in [0.4, 0.5) is 18.9 Å². The number of esters is 1. The summed E-state index contributed by atoms with van der Waals surface area (Å²) in [6.07, 6.45) is -4.44. The number of hydrogen-bond acceptors (Lipinski definition) is 5. The predicted molar refractivity (Wildman–Crippen MR) is 104 cm³/mol. The van der Waals surface area contributed by atoms with Crippen LogP contribution < -0.4 is 10.2 Å². The van der Waals surface area contributed by atoms with E-state index in [0.717, 1.165) is 24.3 Å². The zero-order valence-electron chi connectivity index (χ0n) is 16.2. The number of nitrogens with one attached hydrogen (secondary N) is 1. The Kier molecular flexibility index (Phi) is 8.14. The van der Waals surface area contributed by atoms with Crippen LogP contribution in [0.2, 0.25) is 0 Å². The summed E-state index contributed by atoms with van der Waals surface area (Å²) in [5.41, 5.74) is -0.431. The van der Waals surface area contributed by atoms with E-state index in [1.54, 1.807) is 30.3 Å². The Hall–Kier alpha value is -3.87. The Morgan fingerprint density at radius 2 is 1.68 bits per heavy atom. The number of hydrogen-bond donors (Lipinski definition) is 1. The number of nitrogens with zero attached hydrogens (tertiary/aromatic N) is 2. The number of halogens is 3. The maximum atomic E-state index is 12.5. The average molecular weight is 433 g/mol. The second-order valence-corrected chi connectivity index (χ2v) is 6.21. The highest BCUT2D eigenvalue weighted by molar-refractivity contribution is 5.97. The molecule has 162 valence electrons. The molecular formula is C21H18F3N3O4. The molecule has 2 amide bonds. The molecule has 0 aliphatic heterocycles. The third kappa shape index (κ3) is 7.15. The number of alkyl halides is 3. The molecule has 0 fully saturated rings. The van der Waals surface area contributed by atoms with Gasteiger partial charge >= 0.3 is 12.1 Å². The van der Waals surface area contributed by atoms with E-state index in [1.165, 1.54) is 4.90 Å². The van der Waals surface area contributed by atoms with Crippen LogP contribution in [0, 0.1) is 11.3 Å². The van der Waals surface area contributed by atoms with Crippen molar-refractivity contribution < 1.29 is 32.3 Å². The molecule has 0 aliphatic rings. The molecule has 0 spiro atoms. The van der Waals surface area contributed by atoms with Crippen molar-refractivity contribution in [1.29, 1.82) is 5.26 Å². The first-order chi connectivity index (χ1) is 14.7. The maximum Gasteiger partial charge on any atom is 0.416 e. The van der Waals surface area contributed by atoms with Gasteiger partial charge in [-0.15, -0.1) is 0 Å². The molecule has 0 aliphatic carbocycles. The molecule has 0 bridgehead atoms. The van der Waals surface area contributed by atoms with Gasteiger partial charge < -0.3 is 15.0 Å². The van der Waals surface area contributed by atoms with Crippen molar-refractivity contribution >= 4 is 23.5 Å². The monoisotopic (exact) mass is 433 g/mol. The first-order valence-corrected chi connectivity index (χ1v) is 9.06. The van der Waals surface area contributed by atoms with Gasteiger partial charge in [0.05, 0.1) is 18.1 Å². The highest BCUT2D eigenvalue weighted by Gasteiger charge is 2.30. The summed E-state index contributed by atoms with van der Waals surface area (Å²) < 4.78 is 42.5. The third-order valence-electron chi connectivity index (χ3n) is 4.04. The van der Waals surface area contributed by atoms with E-state index in [9.17, 15) is 27.6 Å². The second kappa shape index (κ2) is 10.8. The van der Waals surface area contributed by atoms with Gasteiger partial charge in [-0.3, -0.25) is 14.4 Å². The quantitative estimate of drug-likeness (QED) is 0.646. The molecule has 7 nitrogen and oxygen atoms in total. The fourth-order valence-electron chi connectivity index (χ4n) is 2.50. The van der Waals surface area contributed by atoms with Crippen LogP contribution in [0.1, 0.15) is 22.3 Å². The molecule has 0 radical (unpaired) electrons. The van der Waals surface area contributed by atoms with Crippen molar-refractivity contribution in [1.82, 2.24) is 5.32 Å². The van der Waals surface area contributed by atoms with E-state index in [1.807, 2.05) is 6.07 Å². The van der Waals surface area contributed by atoms with Gasteiger partial charge in [0.25, 0.3) is 11.8 Å². The minimum absolute atomic E-state index is 0.0661. The number of amides is 2. The number of ether oxygens (including phenoxy) is 1. The Labute approximate surface area is 176 Å². The zero-order chi connectivity index (χ0) is 22.9. The molecule has 0 saturated carbocycles. The first kappa shape index (κ1) is 23.4. The summed E-state index contributed by atoms with van der Waals surface area (Å²) in [5, 5.41) is 11.0. The highest BCUT2D eigenvalue weighted by Crippen LogP contribution is 2.29. The SMILES string of the molecule is N#CCCN(C(=O)COC(=O)CNC(=O)c1ccc(C(F)(F)F)cc1)c1ccccc1. The fourth-order valence-corrected chi connectivity index (χ4v) is 2.50. The molecule has 1 N–H and O–H groups in total. The van der Waals surface area contributed by atoms with Crippen LogP contribution in [0.15, 0.2) is 54.6 Å². The van der Waals surface area contributed by atoms with E-state index in [4.69, 9.17) is 10.00 Å². The standard InChI is InChI=1S/C21H18F3N3O4/c22-21(23,24)16-9-7-15(8-10-16)20(30)26-13-19(29)31-14-18(28)27(12-4-11-25)17-5-2-1-3-6-17/h1-3,5-10H,4,12-14H2,(H,26,30). The van der Waals surface area contributed by atoms with E-state index < -0.39 is 42.7 Å². The predicted octanol–water partition coefficient (Wildman–Crippen LogP) is 2.93. The van der Waals surface area contributed by atoms with Crippen molar-refractivity contribution in [3.63, 3.8) is 0 Å². The summed E-state index contributed by atoms with van der Waals surface area (Å²) in [6.45, 7) is -1.06. The number of anilines is 1. The van der Waals surface area contributed by atoms with E-state index in [-0.39, 0.29) is 18.5 Å². The van der Waals surface area contributed by atoms with Crippen molar-refractivity contribution in [3.8, 4) is 6.07 Å². The second-order valence-electron chi connectivity index (χ2n) is 6.21. The Morgan fingerprint density at radius 1 is 1.03 bits per heavy atom. The topological polar surface area (TPSA) is 99.5 Å². The molecule has 0 unspecified atom stereocenters. The van der Waals surface area contributed by atoms with Gasteiger partial charge in [0, 0.05) is 17.8 Å². The molecular weight excluding hydrogens is 415 g/mol. The highest BCUT2D eigenvalue weighted by atomic mass is 19.4. The summed E-state index contributed by atoms with van der Waals surface area (Å²) in [4.78, 5) is 37.5. The van der Waals surface area contributed by atoms with Crippen LogP contribution in [0.5, 0.6) is 0 Å². The molecule has 2 aromatic carbocycles. The lowest BCUT2D eigenvalue weighted by atomic mass is 10.1. The van der Waals surface area contributed by atoms with Gasteiger partial charge in [0.15, 0.2) is 6.61 Å². The van der Waals surface area contributed by atoms with Gasteiger partial charge in [-0.05, 0) is 36.4 Å². The number of carbonyl (C=O) groups is 3. The largest absolute Gasteiger partial charge is 0.454 e. The number of para-hydroxylation sites is 1. The van der Waals surface area contributed by atoms with Crippen molar-refractivity contribution in [2.24, 2.45) is 0 Å². The van der Waals surface area contributed by atoms with Gasteiger partial charge in [-0.1, -0.05) is 18.2 Å².